The summed E-state index contributed by atoms with van der Waals surface area (Å²) < 4.78 is 42.1. The first kappa shape index (κ1) is 13.9. The number of pyridine rings is 1. The van der Waals surface area contributed by atoms with Gasteiger partial charge in [-0.25, -0.2) is 12.8 Å². The molecule has 0 radical (unpaired) electrons. The first-order valence-corrected chi connectivity index (χ1v) is 6.91. The lowest BCUT2D eigenvalue weighted by atomic mass is 9.91. The number of methoxy groups -OCH3 is 1. The van der Waals surface area contributed by atoms with Gasteiger partial charge in [0, 0.05) is 11.7 Å². The van der Waals surface area contributed by atoms with E-state index in [1.165, 1.54) is 13.3 Å². The Balaban J connectivity index is 3.72. The highest BCUT2D eigenvalue weighted by molar-refractivity contribution is 7.90. The normalized spacial score (nSPS) is 12.6. The standard InChI is InChI=1S/C11H16FNO3S/c1-11(2,3)10-9(17(5,14)15)8(12)7(16-4)6-13-10/h6H,1-5H3. The molecule has 0 aromatic carbocycles. The van der Waals surface area contributed by atoms with Gasteiger partial charge >= 0.3 is 0 Å². The number of aromatic nitrogens is 1. The van der Waals surface area contributed by atoms with E-state index in [1.807, 2.05) is 0 Å². The van der Waals surface area contributed by atoms with Crippen molar-refractivity contribution < 1.29 is 17.5 Å². The Morgan fingerprint density at radius 2 is 1.88 bits per heavy atom. The third kappa shape index (κ3) is 2.74. The Morgan fingerprint density at radius 3 is 2.24 bits per heavy atom. The second kappa shape index (κ2) is 4.25. The third-order valence-corrected chi connectivity index (χ3v) is 3.36. The van der Waals surface area contributed by atoms with E-state index in [1.54, 1.807) is 20.8 Å². The van der Waals surface area contributed by atoms with Crippen LogP contribution in [0.3, 0.4) is 0 Å². The van der Waals surface area contributed by atoms with Gasteiger partial charge in [0.1, 0.15) is 4.90 Å². The lowest BCUT2D eigenvalue weighted by Gasteiger charge is -2.21. The van der Waals surface area contributed by atoms with Crippen LogP contribution in [0.15, 0.2) is 11.1 Å². The van der Waals surface area contributed by atoms with Crippen LogP contribution < -0.4 is 4.74 Å². The van der Waals surface area contributed by atoms with Crippen molar-refractivity contribution in [2.24, 2.45) is 0 Å². The Hall–Kier alpha value is -1.17. The maximum atomic E-state index is 14.0. The minimum atomic E-state index is -3.70. The number of hydrogen-bond acceptors (Lipinski definition) is 4. The van der Waals surface area contributed by atoms with E-state index in [9.17, 15) is 12.8 Å². The van der Waals surface area contributed by atoms with Crippen molar-refractivity contribution in [1.29, 1.82) is 0 Å². The number of nitrogens with zero attached hydrogens (tertiary/aromatic N) is 1. The van der Waals surface area contributed by atoms with E-state index >= 15 is 0 Å². The van der Waals surface area contributed by atoms with Gasteiger partial charge in [-0.3, -0.25) is 4.98 Å². The molecule has 0 saturated carbocycles. The van der Waals surface area contributed by atoms with Crippen LogP contribution in [0.4, 0.5) is 4.39 Å². The highest BCUT2D eigenvalue weighted by Gasteiger charge is 2.30. The zero-order chi connectivity index (χ0) is 13.4. The first-order valence-electron chi connectivity index (χ1n) is 5.02. The number of rotatable bonds is 2. The molecule has 0 unspecified atom stereocenters. The molecule has 1 heterocycles. The fourth-order valence-corrected chi connectivity index (χ4v) is 2.61. The molecule has 1 aromatic rings. The van der Waals surface area contributed by atoms with Crippen LogP contribution in [0.1, 0.15) is 26.5 Å². The predicted octanol–water partition coefficient (Wildman–Crippen LogP) is 1.93. The number of halogens is 1. The molecule has 0 atom stereocenters. The van der Waals surface area contributed by atoms with Crippen molar-refractivity contribution in [2.45, 2.75) is 31.1 Å². The topological polar surface area (TPSA) is 56.3 Å². The van der Waals surface area contributed by atoms with E-state index in [4.69, 9.17) is 4.74 Å². The fraction of sp³-hybridized carbons (Fsp3) is 0.545. The minimum Gasteiger partial charge on any atom is -0.492 e. The minimum absolute atomic E-state index is 0.168. The van der Waals surface area contributed by atoms with Crippen molar-refractivity contribution in [1.82, 2.24) is 4.98 Å². The van der Waals surface area contributed by atoms with Crippen LogP contribution >= 0.6 is 0 Å². The fourth-order valence-electron chi connectivity index (χ4n) is 1.47. The van der Waals surface area contributed by atoms with Crippen molar-refractivity contribution in [3.05, 3.63) is 17.7 Å². The summed E-state index contributed by atoms with van der Waals surface area (Å²) in [7, 11) is -2.43. The third-order valence-electron chi connectivity index (χ3n) is 2.24. The van der Waals surface area contributed by atoms with Crippen LogP contribution in [0.5, 0.6) is 5.75 Å². The Bertz CT molecular complexity index is 532. The van der Waals surface area contributed by atoms with Gasteiger partial charge in [-0.05, 0) is 0 Å². The SMILES string of the molecule is COc1cnc(C(C)(C)C)c(S(C)(=O)=O)c1F. The van der Waals surface area contributed by atoms with Crippen LogP contribution in [0.25, 0.3) is 0 Å². The van der Waals surface area contributed by atoms with E-state index < -0.39 is 21.1 Å². The highest BCUT2D eigenvalue weighted by Crippen LogP contribution is 2.32. The van der Waals surface area contributed by atoms with Gasteiger partial charge in [-0.15, -0.1) is 0 Å². The van der Waals surface area contributed by atoms with Crippen LogP contribution in [0, 0.1) is 5.82 Å². The average Bonchev–Trinajstić information content (AvgIpc) is 2.13. The van der Waals surface area contributed by atoms with Crippen molar-refractivity contribution in [3.63, 3.8) is 0 Å². The summed E-state index contributed by atoms with van der Waals surface area (Å²) in [6.07, 6.45) is 2.16. The van der Waals surface area contributed by atoms with Gasteiger partial charge in [0.25, 0.3) is 0 Å². The molecule has 17 heavy (non-hydrogen) atoms. The molecular weight excluding hydrogens is 245 g/mol. The van der Waals surface area contributed by atoms with E-state index in [0.717, 1.165) is 6.26 Å². The van der Waals surface area contributed by atoms with Gasteiger partial charge in [0.15, 0.2) is 21.4 Å². The van der Waals surface area contributed by atoms with E-state index in [2.05, 4.69) is 4.98 Å². The largest absolute Gasteiger partial charge is 0.492 e. The quantitative estimate of drug-likeness (QED) is 0.816. The number of hydrogen-bond donors (Lipinski definition) is 0. The molecular formula is C11H16FNO3S. The predicted molar refractivity (Wildman–Crippen MR) is 62.6 cm³/mol. The molecule has 0 saturated heterocycles. The molecule has 96 valence electrons. The molecule has 6 heteroatoms. The summed E-state index contributed by atoms with van der Waals surface area (Å²) in [6, 6.07) is 0. The van der Waals surface area contributed by atoms with E-state index in [0.29, 0.717) is 0 Å². The first-order chi connectivity index (χ1) is 7.59. The molecule has 0 bridgehead atoms. The summed E-state index contributed by atoms with van der Waals surface area (Å²) in [4.78, 5) is 3.62. The van der Waals surface area contributed by atoms with Crippen molar-refractivity contribution in [2.75, 3.05) is 13.4 Å². The Morgan fingerprint density at radius 1 is 1.35 bits per heavy atom. The molecule has 4 nitrogen and oxygen atoms in total. The molecule has 0 aliphatic rings. The smallest absolute Gasteiger partial charge is 0.187 e. The number of sulfone groups is 1. The van der Waals surface area contributed by atoms with Gasteiger partial charge in [0.2, 0.25) is 0 Å². The summed E-state index contributed by atoms with van der Waals surface area (Å²) in [5, 5.41) is 0. The summed E-state index contributed by atoms with van der Waals surface area (Å²) >= 11 is 0. The lowest BCUT2D eigenvalue weighted by molar-refractivity contribution is 0.373. The molecule has 0 spiro atoms. The van der Waals surface area contributed by atoms with Gasteiger partial charge in [0.05, 0.1) is 19.0 Å². The second-order valence-electron chi connectivity index (χ2n) is 4.84. The molecule has 1 aromatic heterocycles. The van der Waals surface area contributed by atoms with E-state index in [-0.39, 0.29) is 16.3 Å². The molecule has 0 aliphatic heterocycles. The van der Waals surface area contributed by atoms with Crippen molar-refractivity contribution >= 4 is 9.84 Å². The van der Waals surface area contributed by atoms with Gasteiger partial charge in [-0.1, -0.05) is 20.8 Å². The van der Waals surface area contributed by atoms with Gasteiger partial charge in [-0.2, -0.15) is 0 Å². The Kier molecular flexibility index (Phi) is 3.47. The zero-order valence-corrected chi connectivity index (χ0v) is 11.4. The van der Waals surface area contributed by atoms with Gasteiger partial charge < -0.3 is 4.74 Å². The zero-order valence-electron chi connectivity index (χ0n) is 10.5. The van der Waals surface area contributed by atoms with Crippen LogP contribution in [0.2, 0.25) is 0 Å². The molecule has 0 fully saturated rings. The average molecular weight is 261 g/mol. The summed E-state index contributed by atoms with van der Waals surface area (Å²) in [5.74, 6) is -1.05. The molecule has 0 N–H and O–H groups in total. The maximum Gasteiger partial charge on any atom is 0.187 e. The maximum absolute atomic E-state index is 14.0. The second-order valence-corrected chi connectivity index (χ2v) is 6.79. The molecule has 0 aliphatic carbocycles. The Labute approximate surface area is 101 Å². The molecule has 1 rings (SSSR count). The highest BCUT2D eigenvalue weighted by atomic mass is 32.2. The van der Waals surface area contributed by atoms with Crippen molar-refractivity contribution in [3.8, 4) is 5.75 Å². The summed E-state index contributed by atoms with van der Waals surface area (Å²) in [5.41, 5.74) is -0.357. The lowest BCUT2D eigenvalue weighted by Crippen LogP contribution is -2.20. The number of ether oxygens (including phenoxy) is 1. The monoisotopic (exact) mass is 261 g/mol. The molecule has 0 amide bonds. The summed E-state index contributed by atoms with van der Waals surface area (Å²) in [6.45, 7) is 5.32. The van der Waals surface area contributed by atoms with Crippen LogP contribution in [-0.2, 0) is 15.3 Å². The van der Waals surface area contributed by atoms with Crippen LogP contribution in [-0.4, -0.2) is 26.8 Å².